The van der Waals surface area contributed by atoms with Crippen molar-refractivity contribution in [1.29, 1.82) is 0 Å². The number of benzene rings is 2. The molecule has 0 aliphatic heterocycles. The van der Waals surface area contributed by atoms with Crippen LogP contribution in [-0.4, -0.2) is 55.1 Å². The quantitative estimate of drug-likeness (QED) is 0.203. The fourth-order valence-electron chi connectivity index (χ4n) is 3.48. The van der Waals surface area contributed by atoms with Gasteiger partial charge in [-0.2, -0.15) is 0 Å². The number of sulfonamides is 1. The third-order valence-electron chi connectivity index (χ3n) is 5.06. The maximum absolute atomic E-state index is 13.0. The first-order valence-corrected chi connectivity index (χ1v) is 13.0. The highest BCUT2D eigenvalue weighted by Crippen LogP contribution is 2.28. The summed E-state index contributed by atoms with van der Waals surface area (Å²) in [5.41, 5.74) is 2.30. The second kappa shape index (κ2) is 12.4. The maximum Gasteiger partial charge on any atom is 0.305 e. The molecule has 0 spiro atoms. The number of nitrogens with one attached hydrogen (secondary N) is 3. The highest BCUT2D eigenvalue weighted by Gasteiger charge is 2.25. The molecule has 0 unspecified atom stereocenters. The fourth-order valence-corrected chi connectivity index (χ4v) is 5.04. The lowest BCUT2D eigenvalue weighted by molar-refractivity contribution is -0.138. The molecule has 0 amide bonds. The third kappa shape index (κ3) is 7.20. The summed E-state index contributed by atoms with van der Waals surface area (Å²) < 4.78 is 34.1. The van der Waals surface area contributed by atoms with Crippen molar-refractivity contribution in [1.82, 2.24) is 15.0 Å². The van der Waals surface area contributed by atoms with E-state index in [0.717, 1.165) is 16.5 Å². The predicted octanol–water partition coefficient (Wildman–Crippen LogP) is 2.48. The van der Waals surface area contributed by atoms with Gasteiger partial charge in [-0.3, -0.25) is 9.78 Å². The minimum absolute atomic E-state index is 0.0186. The van der Waals surface area contributed by atoms with E-state index in [1.54, 1.807) is 6.20 Å². The minimum Gasteiger partial charge on any atom is -0.492 e. The van der Waals surface area contributed by atoms with E-state index >= 15 is 0 Å². The van der Waals surface area contributed by atoms with Gasteiger partial charge in [-0.1, -0.05) is 18.2 Å². The monoisotopic (exact) mass is 530 g/mol. The van der Waals surface area contributed by atoms with E-state index < -0.39 is 28.5 Å². The van der Waals surface area contributed by atoms with E-state index in [-0.39, 0.29) is 23.5 Å². The molecule has 3 rings (SSSR count). The number of aliphatic carboxylic acids is 1. The second-order valence-electron chi connectivity index (χ2n) is 7.69. The summed E-state index contributed by atoms with van der Waals surface area (Å²) in [5.74, 6) is -1.29. The fraction of sp³-hybridized carbons (Fsp3) is 0.250. The number of thiocarbonyl (C=S) groups is 1. The van der Waals surface area contributed by atoms with Crippen molar-refractivity contribution < 1.29 is 27.9 Å². The van der Waals surface area contributed by atoms with Crippen molar-refractivity contribution in [2.75, 3.05) is 18.5 Å². The lowest BCUT2D eigenvalue weighted by atomic mass is 10.1. The lowest BCUT2D eigenvalue weighted by Gasteiger charge is -2.17. The second-order valence-corrected chi connectivity index (χ2v) is 9.78. The van der Waals surface area contributed by atoms with Crippen LogP contribution in [0.25, 0.3) is 10.9 Å². The van der Waals surface area contributed by atoms with E-state index in [9.17, 15) is 18.0 Å². The van der Waals surface area contributed by atoms with Gasteiger partial charge in [0.05, 0.1) is 24.6 Å². The number of aldehydes is 1. The van der Waals surface area contributed by atoms with Gasteiger partial charge >= 0.3 is 5.97 Å². The normalized spacial score (nSPS) is 12.0. The van der Waals surface area contributed by atoms with Crippen LogP contribution in [-0.2, 0) is 26.0 Å². The molecule has 3 aromatic rings. The Kier molecular flexibility index (Phi) is 9.28. The van der Waals surface area contributed by atoms with Gasteiger partial charge in [-0.25, -0.2) is 13.1 Å². The molecule has 1 aromatic heterocycles. The Balaban J connectivity index is 1.87. The Morgan fingerprint density at radius 2 is 2.03 bits per heavy atom. The summed E-state index contributed by atoms with van der Waals surface area (Å²) in [6.07, 6.45) is 1.73. The van der Waals surface area contributed by atoms with Gasteiger partial charge in [0, 0.05) is 36.3 Å². The standard InChI is InChI=1S/C24H26N4O6S2/c1-2-25-24(35)27-17-8-9-22(36(32,33)28-18(15-29)14-23(30)31)21(13-17)34-12-10-16-5-3-7-20-19(16)6-4-11-26-20/h3-9,11,13,15,18,28H,2,10,12,14H2,1H3,(H,30,31)(H2,25,27,35)/t18-/m0/s1. The van der Waals surface area contributed by atoms with Crippen molar-refractivity contribution in [2.45, 2.75) is 30.7 Å². The number of carbonyl (C=O) groups is 2. The number of hydrogen-bond donors (Lipinski definition) is 4. The molecule has 10 nitrogen and oxygen atoms in total. The molecule has 0 aliphatic carbocycles. The number of carbonyl (C=O) groups excluding carboxylic acids is 1. The van der Waals surface area contributed by atoms with Gasteiger partial charge in [-0.15, -0.1) is 0 Å². The molecule has 190 valence electrons. The van der Waals surface area contributed by atoms with Gasteiger partial charge in [0.15, 0.2) is 5.11 Å². The molecule has 0 bridgehead atoms. The van der Waals surface area contributed by atoms with Crippen molar-refractivity contribution in [3.05, 3.63) is 60.3 Å². The van der Waals surface area contributed by atoms with E-state index in [1.165, 1.54) is 18.2 Å². The zero-order valence-electron chi connectivity index (χ0n) is 19.4. The Morgan fingerprint density at radius 3 is 2.75 bits per heavy atom. The molecule has 0 radical (unpaired) electrons. The number of nitrogens with zero attached hydrogens (tertiary/aromatic N) is 1. The highest BCUT2D eigenvalue weighted by atomic mass is 32.2. The molecule has 1 atom stereocenters. The summed E-state index contributed by atoms with van der Waals surface area (Å²) in [7, 11) is -4.29. The Bertz CT molecular complexity index is 1360. The molecule has 2 aromatic carbocycles. The van der Waals surface area contributed by atoms with Crippen LogP contribution in [0.2, 0.25) is 0 Å². The van der Waals surface area contributed by atoms with Crippen LogP contribution in [0.5, 0.6) is 5.75 Å². The van der Waals surface area contributed by atoms with Gasteiger partial charge < -0.3 is 25.3 Å². The van der Waals surface area contributed by atoms with Crippen LogP contribution in [0.15, 0.2) is 59.6 Å². The number of carboxylic acids is 1. The molecule has 4 N–H and O–H groups in total. The number of hydrogen-bond acceptors (Lipinski definition) is 7. The zero-order valence-corrected chi connectivity index (χ0v) is 21.1. The molecule has 0 saturated carbocycles. The molecule has 1 heterocycles. The number of aromatic nitrogens is 1. The number of anilines is 1. The van der Waals surface area contributed by atoms with Crippen LogP contribution >= 0.6 is 12.2 Å². The van der Waals surface area contributed by atoms with Gasteiger partial charge in [0.2, 0.25) is 10.0 Å². The van der Waals surface area contributed by atoms with Crippen molar-refractivity contribution in [2.24, 2.45) is 0 Å². The van der Waals surface area contributed by atoms with Crippen molar-refractivity contribution in [3.63, 3.8) is 0 Å². The number of pyridine rings is 1. The highest BCUT2D eigenvalue weighted by molar-refractivity contribution is 7.89. The lowest BCUT2D eigenvalue weighted by Crippen LogP contribution is -2.37. The average molecular weight is 531 g/mol. The summed E-state index contributed by atoms with van der Waals surface area (Å²) in [4.78, 5) is 26.3. The molecular weight excluding hydrogens is 504 g/mol. The average Bonchev–Trinajstić information content (AvgIpc) is 2.83. The smallest absolute Gasteiger partial charge is 0.305 e. The number of rotatable bonds is 12. The number of ether oxygens (including phenoxy) is 1. The number of fused-ring (bicyclic) bond motifs is 1. The summed E-state index contributed by atoms with van der Waals surface area (Å²) in [6, 6.07) is 12.4. The predicted molar refractivity (Wildman–Crippen MR) is 140 cm³/mol. The Labute approximate surface area is 214 Å². The topological polar surface area (TPSA) is 147 Å². The first-order valence-electron chi connectivity index (χ1n) is 11.1. The van der Waals surface area contributed by atoms with Crippen LogP contribution in [0.3, 0.4) is 0 Å². The van der Waals surface area contributed by atoms with E-state index in [1.807, 2.05) is 37.3 Å². The largest absolute Gasteiger partial charge is 0.492 e. The molecule has 36 heavy (non-hydrogen) atoms. The van der Waals surface area contributed by atoms with Crippen LogP contribution in [0.1, 0.15) is 18.9 Å². The number of carboxylic acid groups (broad SMARTS) is 1. The van der Waals surface area contributed by atoms with Crippen LogP contribution < -0.4 is 20.1 Å². The Morgan fingerprint density at radius 1 is 1.22 bits per heavy atom. The van der Waals surface area contributed by atoms with Crippen LogP contribution in [0.4, 0.5) is 5.69 Å². The van der Waals surface area contributed by atoms with E-state index in [2.05, 4.69) is 20.3 Å². The van der Waals surface area contributed by atoms with E-state index in [0.29, 0.717) is 23.8 Å². The molecular formula is C24H26N4O6S2. The van der Waals surface area contributed by atoms with Crippen molar-refractivity contribution in [3.8, 4) is 5.75 Å². The Hall–Kier alpha value is -3.61. The SMILES string of the molecule is CCNC(=S)Nc1ccc(S(=O)(=O)N[C@H](C=O)CC(=O)O)c(OCCc2cccc3ncccc23)c1. The molecule has 0 fully saturated rings. The third-order valence-corrected chi connectivity index (χ3v) is 6.83. The van der Waals surface area contributed by atoms with Gasteiger partial charge in [-0.05, 0) is 49.0 Å². The molecule has 0 aliphatic rings. The van der Waals surface area contributed by atoms with Gasteiger partial charge in [0.25, 0.3) is 0 Å². The minimum atomic E-state index is -4.29. The van der Waals surface area contributed by atoms with Crippen LogP contribution in [0, 0.1) is 0 Å². The zero-order chi connectivity index (χ0) is 26.1. The first kappa shape index (κ1) is 27.0. The summed E-state index contributed by atoms with van der Waals surface area (Å²) in [5, 5.41) is 16.2. The molecule has 0 saturated heterocycles. The van der Waals surface area contributed by atoms with Gasteiger partial charge in [0.1, 0.15) is 16.9 Å². The summed E-state index contributed by atoms with van der Waals surface area (Å²) >= 11 is 5.20. The maximum atomic E-state index is 13.0. The van der Waals surface area contributed by atoms with E-state index in [4.69, 9.17) is 22.1 Å². The first-order chi connectivity index (χ1) is 17.2. The summed E-state index contributed by atoms with van der Waals surface area (Å²) in [6.45, 7) is 2.62. The van der Waals surface area contributed by atoms with Crippen molar-refractivity contribution >= 4 is 56.2 Å². The molecule has 12 heteroatoms.